The summed E-state index contributed by atoms with van der Waals surface area (Å²) in [5.74, 6) is 2.21. The van der Waals surface area contributed by atoms with Crippen LogP contribution in [0.2, 0.25) is 5.02 Å². The zero-order chi connectivity index (χ0) is 13.7. The fourth-order valence-electron chi connectivity index (χ4n) is 1.68. The van der Waals surface area contributed by atoms with Crippen LogP contribution in [-0.2, 0) is 5.33 Å². The summed E-state index contributed by atoms with van der Waals surface area (Å²) in [6.45, 7) is 2.55. The number of hydrogen-bond donors (Lipinski definition) is 0. The fourth-order valence-corrected chi connectivity index (χ4v) is 2.31. The highest BCUT2D eigenvalue weighted by atomic mass is 79.9. The van der Waals surface area contributed by atoms with Crippen molar-refractivity contribution in [3.8, 4) is 17.2 Å². The largest absolute Gasteiger partial charge is 0.490 e. The molecule has 0 saturated carbocycles. The van der Waals surface area contributed by atoms with Gasteiger partial charge in [-0.05, 0) is 37.3 Å². The molecule has 0 atom stereocenters. The Bertz CT molecular complexity index is 558. The fraction of sp³-hybridized carbons (Fsp3) is 0.200. The molecule has 0 aromatic heterocycles. The van der Waals surface area contributed by atoms with E-state index < -0.39 is 0 Å². The molecule has 0 saturated heterocycles. The third kappa shape index (κ3) is 3.64. The Labute approximate surface area is 126 Å². The molecule has 2 nitrogen and oxygen atoms in total. The molecule has 2 aromatic rings. The molecular weight excluding hydrogens is 328 g/mol. The first-order valence-corrected chi connectivity index (χ1v) is 7.48. The highest BCUT2D eigenvalue weighted by Gasteiger charge is 2.09. The maximum Gasteiger partial charge on any atom is 0.169 e. The van der Waals surface area contributed by atoms with Gasteiger partial charge in [-0.2, -0.15) is 0 Å². The third-order valence-electron chi connectivity index (χ3n) is 2.54. The second kappa shape index (κ2) is 6.83. The smallest absolute Gasteiger partial charge is 0.169 e. The summed E-state index contributed by atoms with van der Waals surface area (Å²) in [5, 5.41) is 1.37. The van der Waals surface area contributed by atoms with Gasteiger partial charge in [-0.1, -0.05) is 39.7 Å². The van der Waals surface area contributed by atoms with E-state index in [4.69, 9.17) is 21.1 Å². The van der Waals surface area contributed by atoms with Crippen LogP contribution in [0.15, 0.2) is 42.5 Å². The van der Waals surface area contributed by atoms with Crippen LogP contribution in [-0.4, -0.2) is 6.61 Å². The molecule has 0 aliphatic heterocycles. The Morgan fingerprint density at radius 2 is 1.79 bits per heavy atom. The Morgan fingerprint density at radius 1 is 1.05 bits per heavy atom. The molecule has 0 N–H and O–H groups in total. The maximum absolute atomic E-state index is 5.98. The van der Waals surface area contributed by atoms with Gasteiger partial charge in [0.15, 0.2) is 11.5 Å². The monoisotopic (exact) mass is 340 g/mol. The minimum atomic E-state index is 0.603. The Kier molecular flexibility index (Phi) is 5.11. The number of ether oxygens (including phenoxy) is 2. The van der Waals surface area contributed by atoms with Crippen LogP contribution in [0, 0.1) is 0 Å². The van der Waals surface area contributed by atoms with Crippen molar-refractivity contribution in [3.63, 3.8) is 0 Å². The lowest BCUT2D eigenvalue weighted by Gasteiger charge is -2.13. The summed E-state index contributed by atoms with van der Waals surface area (Å²) in [4.78, 5) is 0. The van der Waals surface area contributed by atoms with Crippen LogP contribution >= 0.6 is 27.5 Å². The highest BCUT2D eigenvalue weighted by molar-refractivity contribution is 9.08. The summed E-state index contributed by atoms with van der Waals surface area (Å²) in [7, 11) is 0. The van der Waals surface area contributed by atoms with Crippen LogP contribution in [0.3, 0.4) is 0 Å². The topological polar surface area (TPSA) is 18.5 Å². The van der Waals surface area contributed by atoms with E-state index in [-0.39, 0.29) is 0 Å². The van der Waals surface area contributed by atoms with Crippen molar-refractivity contribution in [2.24, 2.45) is 0 Å². The molecule has 0 fully saturated rings. The minimum Gasteiger partial charge on any atom is -0.490 e. The van der Waals surface area contributed by atoms with Gasteiger partial charge in [0.05, 0.1) is 6.61 Å². The van der Waals surface area contributed by atoms with Crippen LogP contribution in [0.5, 0.6) is 17.2 Å². The van der Waals surface area contributed by atoms with Crippen molar-refractivity contribution >= 4 is 27.5 Å². The summed E-state index contributed by atoms with van der Waals surface area (Å²) >= 11 is 9.41. The second-order valence-corrected chi connectivity index (χ2v) is 4.86. The van der Waals surface area contributed by atoms with E-state index >= 15 is 0 Å². The SMILES string of the molecule is CCOc1ccccc1Oc1ccc(Cl)cc1CBr. The predicted molar refractivity (Wildman–Crippen MR) is 81.8 cm³/mol. The molecule has 2 rings (SSSR count). The van der Waals surface area contributed by atoms with Crippen LogP contribution in [0.25, 0.3) is 0 Å². The molecule has 0 spiro atoms. The number of halogens is 2. The van der Waals surface area contributed by atoms with Gasteiger partial charge in [0.1, 0.15) is 5.75 Å². The van der Waals surface area contributed by atoms with Crippen molar-refractivity contribution in [1.29, 1.82) is 0 Å². The summed E-state index contributed by atoms with van der Waals surface area (Å²) in [6.07, 6.45) is 0. The molecule has 0 bridgehead atoms. The van der Waals surface area contributed by atoms with E-state index in [1.807, 2.05) is 49.4 Å². The van der Waals surface area contributed by atoms with Gasteiger partial charge in [-0.3, -0.25) is 0 Å². The summed E-state index contributed by atoms with van der Waals surface area (Å²) < 4.78 is 11.5. The first kappa shape index (κ1) is 14.2. The Hall–Kier alpha value is -1.19. The lowest BCUT2D eigenvalue weighted by Crippen LogP contribution is -1.96. The van der Waals surface area contributed by atoms with E-state index in [1.165, 1.54) is 0 Å². The van der Waals surface area contributed by atoms with Crippen molar-refractivity contribution < 1.29 is 9.47 Å². The van der Waals surface area contributed by atoms with Crippen molar-refractivity contribution in [2.75, 3.05) is 6.61 Å². The van der Waals surface area contributed by atoms with Gasteiger partial charge >= 0.3 is 0 Å². The standard InChI is InChI=1S/C15H14BrClO2/c1-2-18-14-5-3-4-6-15(14)19-13-8-7-12(17)9-11(13)10-16/h3-9H,2,10H2,1H3. The number of alkyl halides is 1. The molecule has 19 heavy (non-hydrogen) atoms. The molecule has 0 amide bonds. The molecule has 2 aromatic carbocycles. The Morgan fingerprint density at radius 3 is 2.47 bits per heavy atom. The van der Waals surface area contributed by atoms with E-state index in [0.29, 0.717) is 22.7 Å². The highest BCUT2D eigenvalue weighted by Crippen LogP contribution is 2.34. The number of benzene rings is 2. The first-order valence-electron chi connectivity index (χ1n) is 5.98. The maximum atomic E-state index is 5.98. The minimum absolute atomic E-state index is 0.603. The lowest BCUT2D eigenvalue weighted by molar-refractivity contribution is 0.321. The zero-order valence-corrected chi connectivity index (χ0v) is 12.9. The number of rotatable bonds is 5. The molecular formula is C15H14BrClO2. The van der Waals surface area contributed by atoms with Gasteiger partial charge in [-0.15, -0.1) is 0 Å². The quantitative estimate of drug-likeness (QED) is 0.675. The molecule has 4 heteroatoms. The van der Waals surface area contributed by atoms with E-state index in [0.717, 1.165) is 17.1 Å². The van der Waals surface area contributed by atoms with Crippen LogP contribution in [0.1, 0.15) is 12.5 Å². The average molecular weight is 342 g/mol. The molecule has 0 radical (unpaired) electrons. The van der Waals surface area contributed by atoms with Gasteiger partial charge in [0.2, 0.25) is 0 Å². The van der Waals surface area contributed by atoms with Crippen molar-refractivity contribution in [1.82, 2.24) is 0 Å². The Balaban J connectivity index is 2.30. The molecule has 0 aliphatic rings. The molecule has 0 unspecified atom stereocenters. The second-order valence-electron chi connectivity index (χ2n) is 3.87. The van der Waals surface area contributed by atoms with Crippen LogP contribution < -0.4 is 9.47 Å². The molecule has 100 valence electrons. The normalized spacial score (nSPS) is 10.3. The molecule has 0 aliphatic carbocycles. The van der Waals surface area contributed by atoms with Gasteiger partial charge < -0.3 is 9.47 Å². The van der Waals surface area contributed by atoms with Crippen molar-refractivity contribution in [3.05, 3.63) is 53.1 Å². The lowest BCUT2D eigenvalue weighted by atomic mass is 10.2. The van der Waals surface area contributed by atoms with E-state index in [9.17, 15) is 0 Å². The summed E-state index contributed by atoms with van der Waals surface area (Å²) in [5.41, 5.74) is 0.999. The van der Waals surface area contributed by atoms with E-state index in [1.54, 1.807) is 0 Å². The average Bonchev–Trinajstić information content (AvgIpc) is 2.43. The van der Waals surface area contributed by atoms with Crippen LogP contribution in [0.4, 0.5) is 0 Å². The van der Waals surface area contributed by atoms with Gasteiger partial charge in [0.25, 0.3) is 0 Å². The number of hydrogen-bond acceptors (Lipinski definition) is 2. The zero-order valence-electron chi connectivity index (χ0n) is 10.5. The first-order chi connectivity index (χ1) is 9.24. The van der Waals surface area contributed by atoms with E-state index in [2.05, 4.69) is 15.9 Å². The molecule has 0 heterocycles. The number of para-hydroxylation sites is 2. The van der Waals surface area contributed by atoms with Crippen molar-refractivity contribution in [2.45, 2.75) is 12.3 Å². The van der Waals surface area contributed by atoms with Gasteiger partial charge in [-0.25, -0.2) is 0 Å². The third-order valence-corrected chi connectivity index (χ3v) is 3.37. The van der Waals surface area contributed by atoms with Gasteiger partial charge in [0, 0.05) is 15.9 Å². The summed E-state index contributed by atoms with van der Waals surface area (Å²) in [6, 6.07) is 13.2. The predicted octanol–water partition coefficient (Wildman–Crippen LogP) is 5.43.